The quantitative estimate of drug-likeness (QED) is 0.415. The number of aryl methyl sites for hydroxylation is 1. The Hall–Kier alpha value is -3.12. The number of hydrogen-bond acceptors (Lipinski definition) is 3. The highest BCUT2D eigenvalue weighted by Crippen LogP contribution is 2.19. The number of hydrogen-bond donors (Lipinski definition) is 1. The van der Waals surface area contributed by atoms with Gasteiger partial charge in [-0.1, -0.05) is 72.3 Å². The minimum Gasteiger partial charge on any atom is -0.355 e. The van der Waals surface area contributed by atoms with Gasteiger partial charge in [0.15, 0.2) is 0 Å². The van der Waals surface area contributed by atoms with Crippen LogP contribution in [0.1, 0.15) is 29.2 Å². The Kier molecular flexibility index (Phi) is 9.71. The van der Waals surface area contributed by atoms with E-state index in [0.29, 0.717) is 18.7 Å². The summed E-state index contributed by atoms with van der Waals surface area (Å²) in [6.07, 6.45) is 0.405. The summed E-state index contributed by atoms with van der Waals surface area (Å²) in [7, 11) is 0. The molecular formula is C28H31FN2O2S. The van der Waals surface area contributed by atoms with Gasteiger partial charge in [-0.3, -0.25) is 9.59 Å². The van der Waals surface area contributed by atoms with Gasteiger partial charge < -0.3 is 10.2 Å². The lowest BCUT2D eigenvalue weighted by Gasteiger charge is -2.31. The first kappa shape index (κ1) is 25.5. The Morgan fingerprint density at radius 2 is 1.65 bits per heavy atom. The fraction of sp³-hybridized carbons (Fsp3) is 0.286. The van der Waals surface area contributed by atoms with Crippen LogP contribution in [0.15, 0.2) is 78.9 Å². The molecule has 0 aliphatic heterocycles. The molecule has 34 heavy (non-hydrogen) atoms. The fourth-order valence-corrected chi connectivity index (χ4v) is 4.63. The Morgan fingerprint density at radius 3 is 2.32 bits per heavy atom. The molecule has 0 fully saturated rings. The average Bonchev–Trinajstić information content (AvgIpc) is 2.83. The molecule has 3 aromatic carbocycles. The maximum atomic E-state index is 13.5. The van der Waals surface area contributed by atoms with E-state index >= 15 is 0 Å². The average molecular weight is 479 g/mol. The minimum absolute atomic E-state index is 0.117. The van der Waals surface area contributed by atoms with Crippen LogP contribution < -0.4 is 5.32 Å². The summed E-state index contributed by atoms with van der Waals surface area (Å²) in [6.45, 7) is 4.62. The van der Waals surface area contributed by atoms with Crippen molar-refractivity contribution in [2.45, 2.75) is 38.6 Å². The Morgan fingerprint density at radius 1 is 0.941 bits per heavy atom. The van der Waals surface area contributed by atoms with Gasteiger partial charge in [0.25, 0.3) is 0 Å². The predicted molar refractivity (Wildman–Crippen MR) is 137 cm³/mol. The molecule has 0 saturated carbocycles. The Bertz CT molecular complexity index is 1070. The van der Waals surface area contributed by atoms with E-state index in [9.17, 15) is 14.0 Å². The number of carbonyl (C=O) groups is 2. The van der Waals surface area contributed by atoms with Gasteiger partial charge in [0.1, 0.15) is 11.9 Å². The van der Waals surface area contributed by atoms with Gasteiger partial charge in [0, 0.05) is 25.3 Å². The number of carbonyl (C=O) groups excluding carboxylic acids is 2. The predicted octanol–water partition coefficient (Wildman–Crippen LogP) is 5.14. The molecule has 0 bridgehead atoms. The molecular weight excluding hydrogens is 447 g/mol. The van der Waals surface area contributed by atoms with Gasteiger partial charge in [-0.05, 0) is 42.7 Å². The molecule has 4 nitrogen and oxygen atoms in total. The highest BCUT2D eigenvalue weighted by Gasteiger charge is 2.30. The molecule has 0 unspecified atom stereocenters. The normalized spacial score (nSPS) is 11.6. The summed E-state index contributed by atoms with van der Waals surface area (Å²) in [5.41, 5.74) is 4.10. The van der Waals surface area contributed by atoms with E-state index < -0.39 is 6.04 Å². The molecule has 3 aromatic rings. The maximum absolute atomic E-state index is 13.5. The van der Waals surface area contributed by atoms with Crippen LogP contribution in [0.3, 0.4) is 0 Å². The Balaban J connectivity index is 1.81. The van der Waals surface area contributed by atoms with E-state index in [2.05, 4.69) is 11.4 Å². The summed E-state index contributed by atoms with van der Waals surface area (Å²) in [4.78, 5) is 28.2. The monoisotopic (exact) mass is 478 g/mol. The highest BCUT2D eigenvalue weighted by molar-refractivity contribution is 7.99. The topological polar surface area (TPSA) is 49.4 Å². The van der Waals surface area contributed by atoms with E-state index in [-0.39, 0.29) is 29.9 Å². The smallest absolute Gasteiger partial charge is 0.243 e. The number of amides is 2. The third-order valence-corrected chi connectivity index (χ3v) is 6.45. The lowest BCUT2D eigenvalue weighted by atomic mass is 10.0. The van der Waals surface area contributed by atoms with Crippen molar-refractivity contribution in [1.29, 1.82) is 0 Å². The largest absolute Gasteiger partial charge is 0.355 e. The van der Waals surface area contributed by atoms with Crippen LogP contribution in [0, 0.1) is 12.7 Å². The highest BCUT2D eigenvalue weighted by atomic mass is 32.2. The van der Waals surface area contributed by atoms with Crippen molar-refractivity contribution < 1.29 is 14.0 Å². The first-order valence-corrected chi connectivity index (χ1v) is 12.6. The zero-order valence-corrected chi connectivity index (χ0v) is 20.5. The molecule has 0 spiro atoms. The van der Waals surface area contributed by atoms with Gasteiger partial charge in [0.05, 0.1) is 5.75 Å². The van der Waals surface area contributed by atoms with E-state index in [0.717, 1.165) is 16.7 Å². The molecule has 2 amide bonds. The number of benzene rings is 3. The van der Waals surface area contributed by atoms with Gasteiger partial charge in [0.2, 0.25) is 11.8 Å². The molecule has 1 atom stereocenters. The molecule has 0 radical (unpaired) electrons. The summed E-state index contributed by atoms with van der Waals surface area (Å²) in [5, 5.41) is 2.88. The van der Waals surface area contributed by atoms with E-state index in [4.69, 9.17) is 0 Å². The molecule has 0 saturated heterocycles. The fourth-order valence-electron chi connectivity index (χ4n) is 3.77. The first-order valence-electron chi connectivity index (χ1n) is 11.4. The lowest BCUT2D eigenvalue weighted by molar-refractivity contribution is -0.139. The SMILES string of the molecule is CCNC(=O)[C@H](Cc1ccccc1)N(Cc1ccc(F)cc1)C(=O)CSCc1cccc(C)c1. The number of nitrogens with zero attached hydrogens (tertiary/aromatic N) is 1. The van der Waals surface area contributed by atoms with E-state index in [1.54, 1.807) is 17.0 Å². The van der Waals surface area contributed by atoms with Gasteiger partial charge in [-0.2, -0.15) is 0 Å². The molecule has 1 N–H and O–H groups in total. The Labute approximate surface area is 205 Å². The zero-order valence-electron chi connectivity index (χ0n) is 19.7. The number of nitrogens with one attached hydrogen (secondary N) is 1. The second-order valence-electron chi connectivity index (χ2n) is 8.23. The third-order valence-electron chi connectivity index (χ3n) is 5.47. The van der Waals surface area contributed by atoms with Crippen molar-refractivity contribution in [1.82, 2.24) is 10.2 Å². The molecule has 0 aliphatic rings. The number of halogens is 1. The molecule has 178 valence electrons. The molecule has 0 aliphatic carbocycles. The number of thioether (sulfide) groups is 1. The molecule has 0 aromatic heterocycles. The second-order valence-corrected chi connectivity index (χ2v) is 9.22. The summed E-state index contributed by atoms with van der Waals surface area (Å²) >= 11 is 1.53. The van der Waals surface area contributed by atoms with Crippen molar-refractivity contribution in [3.05, 3.63) is 107 Å². The van der Waals surface area contributed by atoms with Crippen LogP contribution in [0.4, 0.5) is 4.39 Å². The van der Waals surface area contributed by atoms with Crippen LogP contribution in [0.5, 0.6) is 0 Å². The van der Waals surface area contributed by atoms with Crippen LogP contribution in [0.2, 0.25) is 0 Å². The van der Waals surface area contributed by atoms with E-state index in [1.165, 1.54) is 29.5 Å². The first-order chi connectivity index (χ1) is 16.5. The van der Waals surface area contributed by atoms with Crippen LogP contribution in [0.25, 0.3) is 0 Å². The van der Waals surface area contributed by atoms with Gasteiger partial charge in [-0.15, -0.1) is 11.8 Å². The van der Waals surface area contributed by atoms with Crippen LogP contribution >= 0.6 is 11.8 Å². The van der Waals surface area contributed by atoms with Gasteiger partial charge in [-0.25, -0.2) is 4.39 Å². The summed E-state index contributed by atoms with van der Waals surface area (Å²) in [5.74, 6) is 0.321. The molecule has 3 rings (SSSR count). The van der Waals surface area contributed by atoms with Crippen molar-refractivity contribution in [2.24, 2.45) is 0 Å². The maximum Gasteiger partial charge on any atom is 0.243 e. The molecule has 0 heterocycles. The van der Waals surface area contributed by atoms with E-state index in [1.807, 2.05) is 62.4 Å². The molecule has 6 heteroatoms. The van der Waals surface area contributed by atoms with Crippen molar-refractivity contribution in [2.75, 3.05) is 12.3 Å². The summed E-state index contributed by atoms with van der Waals surface area (Å²) < 4.78 is 13.5. The zero-order chi connectivity index (χ0) is 24.3. The number of rotatable bonds is 11. The van der Waals surface area contributed by atoms with Gasteiger partial charge >= 0.3 is 0 Å². The van der Waals surface area contributed by atoms with Crippen molar-refractivity contribution in [3.8, 4) is 0 Å². The van der Waals surface area contributed by atoms with Crippen molar-refractivity contribution in [3.63, 3.8) is 0 Å². The minimum atomic E-state index is -0.667. The summed E-state index contributed by atoms with van der Waals surface area (Å²) in [6, 6.07) is 23.3. The van der Waals surface area contributed by atoms with Crippen LogP contribution in [-0.2, 0) is 28.3 Å². The van der Waals surface area contributed by atoms with Crippen LogP contribution in [-0.4, -0.2) is 35.1 Å². The number of likely N-dealkylation sites (N-methyl/N-ethyl adjacent to an activating group) is 1. The standard InChI is InChI=1S/C28H31FN2O2S/c1-3-30-28(33)26(17-22-9-5-4-6-10-22)31(18-23-12-14-25(29)15-13-23)27(32)20-34-19-24-11-7-8-21(2)16-24/h4-16,26H,3,17-20H2,1-2H3,(H,30,33)/t26-/m0/s1. The lowest BCUT2D eigenvalue weighted by Crippen LogP contribution is -2.51. The second kappa shape index (κ2) is 12.9. The van der Waals surface area contributed by atoms with Crippen molar-refractivity contribution >= 4 is 23.6 Å². The third kappa shape index (κ3) is 7.73.